The first-order chi connectivity index (χ1) is 38.8. The minimum atomic E-state index is 0.681. The van der Waals surface area contributed by atoms with Crippen molar-refractivity contribution in [1.29, 1.82) is 0 Å². The highest BCUT2D eigenvalue weighted by atomic mass is 14.4. The molecule has 10 atom stereocenters. The van der Waals surface area contributed by atoms with Crippen LogP contribution in [0.2, 0.25) is 0 Å². The SMILES string of the molecule is CC1CC(C)(C)C1.CC1CC(C)(C)C1.CC1CC(C)C1C.CC1CC(C)C1C.CC1CCC1(C)C.CC1CCC1(C)C.CCC1(C)CCC1.CCC1(C)CCC1.CCC1CC(C)C1.CCC1CC(C)C1.CCC1CCC1C.CCC1CC[C@@H]1C. The van der Waals surface area contributed by atoms with Crippen molar-refractivity contribution in [2.24, 2.45) is 139 Å². The third-order valence-electron chi connectivity index (χ3n) is 27.4. The molecule has 0 aromatic heterocycles. The van der Waals surface area contributed by atoms with E-state index in [2.05, 4.69) is 208 Å². The van der Waals surface area contributed by atoms with Gasteiger partial charge in [0.1, 0.15) is 0 Å². The molecule has 9 unspecified atom stereocenters. The summed E-state index contributed by atoms with van der Waals surface area (Å²) in [5.74, 6) is 18.6. The molecular weight excluding hydrogens is 1010 g/mol. The molecule has 0 spiro atoms. The molecule has 0 saturated heterocycles. The smallest absolute Gasteiger partial charge is 0.0328 e. The van der Waals surface area contributed by atoms with Gasteiger partial charge in [-0.15, -0.1) is 0 Å². The third-order valence-corrected chi connectivity index (χ3v) is 27.4. The molecule has 504 valence electrons. The molecule has 0 bridgehead atoms. The molecule has 0 nitrogen and oxygen atoms in total. The van der Waals surface area contributed by atoms with E-state index in [0.29, 0.717) is 21.7 Å². The predicted molar refractivity (Wildman–Crippen MR) is 386 cm³/mol. The Hall–Kier alpha value is 0. The summed E-state index contributed by atoms with van der Waals surface area (Å²) >= 11 is 0. The molecule has 84 heavy (non-hydrogen) atoms. The van der Waals surface area contributed by atoms with Crippen LogP contribution in [0.5, 0.6) is 0 Å². The maximum absolute atomic E-state index is 2.39. The van der Waals surface area contributed by atoms with Crippen LogP contribution in [0.1, 0.15) is 400 Å². The van der Waals surface area contributed by atoms with E-state index in [-0.39, 0.29) is 0 Å². The van der Waals surface area contributed by atoms with Crippen LogP contribution < -0.4 is 0 Å². The summed E-state index contributed by atoms with van der Waals surface area (Å²) in [5, 5.41) is 0. The molecule has 0 heterocycles. The van der Waals surface area contributed by atoms with Crippen LogP contribution in [0.4, 0.5) is 0 Å². The summed E-state index contributed by atoms with van der Waals surface area (Å²) in [7, 11) is 0. The van der Waals surface area contributed by atoms with Gasteiger partial charge in [-0.2, -0.15) is 0 Å². The molecule has 0 aromatic carbocycles. The highest BCUT2D eigenvalue weighted by molar-refractivity contribution is 4.88. The fourth-order valence-corrected chi connectivity index (χ4v) is 16.2. The third kappa shape index (κ3) is 30.9. The summed E-state index contributed by atoms with van der Waals surface area (Å²) in [6.07, 6.45) is 43.6. The Labute approximate surface area is 536 Å². The molecule has 0 radical (unpaired) electrons. The zero-order valence-electron chi connectivity index (χ0n) is 64.6. The topological polar surface area (TPSA) is 0 Å². The lowest BCUT2D eigenvalue weighted by atomic mass is 9.64. The van der Waals surface area contributed by atoms with E-state index in [4.69, 9.17) is 0 Å². The average molecular weight is 1180 g/mol. The molecule has 12 aliphatic carbocycles. The normalized spacial score (nSPS) is 37.5. The monoisotopic (exact) mass is 1180 g/mol. The lowest BCUT2D eigenvalue weighted by molar-refractivity contribution is 0.0891. The minimum Gasteiger partial charge on any atom is -0.0651 e. The molecule has 0 heteroatoms. The molecule has 12 aliphatic rings. The van der Waals surface area contributed by atoms with Gasteiger partial charge >= 0.3 is 0 Å². The minimum absolute atomic E-state index is 0.681. The Morgan fingerprint density at radius 2 is 0.548 bits per heavy atom. The van der Waals surface area contributed by atoms with Gasteiger partial charge < -0.3 is 0 Å². The Balaban J connectivity index is 0.000000458. The van der Waals surface area contributed by atoms with E-state index in [1.807, 2.05) is 0 Å². The fourth-order valence-electron chi connectivity index (χ4n) is 16.2. The molecule has 0 aromatic rings. The van der Waals surface area contributed by atoms with E-state index in [1.54, 1.807) is 0 Å². The quantitative estimate of drug-likeness (QED) is 0.249. The van der Waals surface area contributed by atoms with E-state index < -0.39 is 0 Å². The maximum Gasteiger partial charge on any atom is -0.0328 e. The molecule has 12 fully saturated rings. The first-order valence-electron chi connectivity index (χ1n) is 38.8. The van der Waals surface area contributed by atoms with E-state index >= 15 is 0 Å². The van der Waals surface area contributed by atoms with Crippen LogP contribution in [-0.2, 0) is 0 Å². The second-order valence-corrected chi connectivity index (χ2v) is 37.5. The van der Waals surface area contributed by atoms with Gasteiger partial charge in [0.05, 0.1) is 0 Å². The predicted octanol–water partition coefficient (Wildman–Crippen LogP) is 29.3. The van der Waals surface area contributed by atoms with Crippen LogP contribution in [0.15, 0.2) is 0 Å². The molecule has 12 rings (SSSR count). The standard InChI is InChI=1S/12C7H14/c2*1-6-4-7(2,3)5-6;2*1-6-4-5-7(6,2)3;2*1-5-4-6(2)7(5)3;2*1-3-7-4-6(2)5-7;2*1-3-7(2)5-4-6-7;2*1-3-7-5-4-6(7)2/h4*6H,4-5H2,1-3H3;2*5-7H,4H2,1-3H3;2*6-7H,3-5H2,1-2H3;2*3-6H2,1-2H3;2*6-7H,3-5H2,1-2H3/t;;;;;;;;;;6-,7?;/m..........0./s1. The van der Waals surface area contributed by atoms with E-state index in [1.165, 1.54) is 193 Å². The maximum atomic E-state index is 2.39. The Morgan fingerprint density at radius 3 is 0.560 bits per heavy atom. The van der Waals surface area contributed by atoms with Crippen molar-refractivity contribution >= 4 is 0 Å². The largest absolute Gasteiger partial charge is 0.0651 e. The number of rotatable bonds is 6. The van der Waals surface area contributed by atoms with E-state index in [0.717, 1.165) is 117 Å². The summed E-state index contributed by atoms with van der Waals surface area (Å²) in [6.45, 7) is 70.0. The Kier molecular flexibility index (Phi) is 37.8. The molecule has 12 saturated carbocycles. The van der Waals surface area contributed by atoms with Gasteiger partial charge in [-0.05, 0) is 267 Å². The molecular formula is C84H168. The van der Waals surface area contributed by atoms with Crippen LogP contribution in [0.3, 0.4) is 0 Å². The number of hydrogen-bond acceptors (Lipinski definition) is 0. The Morgan fingerprint density at radius 1 is 0.286 bits per heavy atom. The zero-order valence-corrected chi connectivity index (χ0v) is 64.6. The van der Waals surface area contributed by atoms with Crippen molar-refractivity contribution in [2.45, 2.75) is 400 Å². The summed E-state index contributed by atoms with van der Waals surface area (Å²) in [4.78, 5) is 0. The summed E-state index contributed by atoms with van der Waals surface area (Å²) < 4.78 is 0. The molecule has 0 aliphatic heterocycles. The van der Waals surface area contributed by atoms with E-state index in [9.17, 15) is 0 Å². The fraction of sp³-hybridized carbons (Fsp3) is 1.00. The van der Waals surface area contributed by atoms with Crippen LogP contribution in [0, 0.1) is 139 Å². The van der Waals surface area contributed by atoms with Gasteiger partial charge in [-0.1, -0.05) is 272 Å². The summed E-state index contributed by atoms with van der Waals surface area (Å²) in [5.41, 5.74) is 4.28. The van der Waals surface area contributed by atoms with Gasteiger partial charge in [0.15, 0.2) is 0 Å². The highest BCUT2D eigenvalue weighted by Gasteiger charge is 2.37. The van der Waals surface area contributed by atoms with Crippen LogP contribution >= 0.6 is 0 Å². The first kappa shape index (κ1) is 82.0. The van der Waals surface area contributed by atoms with Gasteiger partial charge in [-0.25, -0.2) is 0 Å². The van der Waals surface area contributed by atoms with Crippen LogP contribution in [0.25, 0.3) is 0 Å². The average Bonchev–Trinajstić information content (AvgIpc) is 3.39. The molecule has 0 amide bonds. The highest BCUT2D eigenvalue weighted by Crippen LogP contribution is 2.48. The summed E-state index contributed by atoms with van der Waals surface area (Å²) in [6, 6.07) is 0. The van der Waals surface area contributed by atoms with Crippen molar-refractivity contribution in [3.8, 4) is 0 Å². The second kappa shape index (κ2) is 38.8. The Bertz CT molecular complexity index is 1440. The van der Waals surface area contributed by atoms with Gasteiger partial charge in [0.2, 0.25) is 0 Å². The van der Waals surface area contributed by atoms with Crippen molar-refractivity contribution in [3.05, 3.63) is 0 Å². The lowest BCUT2D eigenvalue weighted by Crippen LogP contribution is -2.31. The zero-order chi connectivity index (χ0) is 64.6. The van der Waals surface area contributed by atoms with Gasteiger partial charge in [0.25, 0.3) is 0 Å². The van der Waals surface area contributed by atoms with Crippen molar-refractivity contribution < 1.29 is 0 Å². The first-order valence-corrected chi connectivity index (χ1v) is 38.8. The molecule has 0 N–H and O–H groups in total. The van der Waals surface area contributed by atoms with Crippen LogP contribution in [-0.4, -0.2) is 0 Å². The van der Waals surface area contributed by atoms with Gasteiger partial charge in [-0.3, -0.25) is 0 Å². The van der Waals surface area contributed by atoms with Crippen molar-refractivity contribution in [3.63, 3.8) is 0 Å². The van der Waals surface area contributed by atoms with Crippen molar-refractivity contribution in [1.82, 2.24) is 0 Å². The van der Waals surface area contributed by atoms with Crippen molar-refractivity contribution in [2.75, 3.05) is 0 Å². The lowest BCUT2D eigenvalue weighted by Gasteiger charge is -2.42. The van der Waals surface area contributed by atoms with Gasteiger partial charge in [0, 0.05) is 0 Å². The second-order valence-electron chi connectivity index (χ2n) is 37.5. The number of hydrogen-bond donors (Lipinski definition) is 0.